The zero-order valence-electron chi connectivity index (χ0n) is 26.2. The number of carbonyl (C=O) groups is 2. The van der Waals surface area contributed by atoms with Crippen LogP contribution in [0.4, 0.5) is 8.78 Å². The van der Waals surface area contributed by atoms with Gasteiger partial charge >= 0.3 is 5.97 Å². The zero-order chi connectivity index (χ0) is 33.1. The highest BCUT2D eigenvalue weighted by molar-refractivity contribution is 7.99. The van der Waals surface area contributed by atoms with Crippen LogP contribution in [0.15, 0.2) is 67.0 Å². The van der Waals surface area contributed by atoms with Crippen molar-refractivity contribution in [2.75, 3.05) is 11.5 Å². The number of hydrogen-bond acceptors (Lipinski definition) is 5. The number of nitrogens with zero attached hydrogens (tertiary/aromatic N) is 1. The minimum absolute atomic E-state index is 0.0114. The maximum atomic E-state index is 15.1. The number of aromatic nitrogens is 3. The Morgan fingerprint density at radius 3 is 2.61 bits per heavy atom. The normalized spacial score (nSPS) is 11.6. The van der Waals surface area contributed by atoms with Crippen molar-refractivity contribution in [1.82, 2.24) is 15.0 Å². The topological polar surface area (TPSA) is 108 Å². The number of imidazole rings is 1. The van der Waals surface area contributed by atoms with Crippen molar-refractivity contribution in [3.63, 3.8) is 0 Å². The molecule has 5 aromatic rings. The number of rotatable bonds is 15. The number of nitrogens with one attached hydrogen (secondary N) is 2. The molecule has 7 nitrogen and oxygen atoms in total. The fourth-order valence-electron chi connectivity index (χ4n) is 5.37. The number of thioether (sulfide) groups is 1. The summed E-state index contributed by atoms with van der Waals surface area (Å²) < 4.78 is 35.9. The molecule has 0 bridgehead atoms. The Labute approximate surface area is 271 Å². The summed E-state index contributed by atoms with van der Waals surface area (Å²) in [7, 11) is 0. The molecule has 2 heterocycles. The summed E-state index contributed by atoms with van der Waals surface area (Å²) in [5.74, 6) is -0.813. The number of carbonyl (C=O) groups excluding carboxylic acids is 1. The number of benzene rings is 3. The third-order valence-corrected chi connectivity index (χ3v) is 8.53. The van der Waals surface area contributed by atoms with Gasteiger partial charge in [-0.15, -0.1) is 0 Å². The molecular weight excluding hydrogens is 608 g/mol. The summed E-state index contributed by atoms with van der Waals surface area (Å²) in [4.78, 5) is 33.2. The van der Waals surface area contributed by atoms with E-state index in [0.29, 0.717) is 23.0 Å². The summed E-state index contributed by atoms with van der Waals surface area (Å²) in [5.41, 5.74) is 3.81. The summed E-state index contributed by atoms with van der Waals surface area (Å²) in [6.45, 7) is 6.04. The number of aldehydes is 1. The van der Waals surface area contributed by atoms with Crippen molar-refractivity contribution in [3.05, 3.63) is 101 Å². The van der Waals surface area contributed by atoms with E-state index in [1.807, 2.05) is 32.9 Å². The van der Waals surface area contributed by atoms with Gasteiger partial charge in [-0.3, -0.25) is 9.59 Å². The summed E-state index contributed by atoms with van der Waals surface area (Å²) in [5, 5.41) is 9.31. The minimum Gasteiger partial charge on any atom is -0.481 e. The smallest absolute Gasteiger partial charge is 0.313 e. The molecule has 3 aromatic carbocycles. The van der Waals surface area contributed by atoms with E-state index in [2.05, 4.69) is 27.1 Å². The van der Waals surface area contributed by atoms with Crippen LogP contribution in [0, 0.1) is 18.6 Å². The molecule has 0 radical (unpaired) electrons. The number of aromatic amines is 2. The van der Waals surface area contributed by atoms with Crippen LogP contribution in [-0.2, 0) is 4.79 Å². The van der Waals surface area contributed by atoms with Crippen molar-refractivity contribution in [2.45, 2.75) is 58.8 Å². The molecule has 1 unspecified atom stereocenters. The van der Waals surface area contributed by atoms with Crippen LogP contribution >= 0.6 is 11.8 Å². The first-order valence-corrected chi connectivity index (χ1v) is 16.6. The van der Waals surface area contributed by atoms with Gasteiger partial charge < -0.3 is 19.8 Å². The van der Waals surface area contributed by atoms with E-state index in [1.54, 1.807) is 18.5 Å². The second-order valence-electron chi connectivity index (χ2n) is 10.7. The molecule has 0 saturated heterocycles. The number of carboxylic acid groups (broad SMARTS) is 1. The third kappa shape index (κ3) is 8.63. The number of unbranched alkanes of at least 4 members (excludes halogenated alkanes) is 3. The Hall–Kier alpha value is -4.44. The second-order valence-corrected chi connectivity index (χ2v) is 11.8. The molecule has 242 valence electrons. The van der Waals surface area contributed by atoms with E-state index in [4.69, 9.17) is 9.84 Å². The van der Waals surface area contributed by atoms with Gasteiger partial charge in [0.15, 0.2) is 17.9 Å². The third-order valence-electron chi connectivity index (χ3n) is 7.50. The molecule has 0 aliphatic rings. The molecule has 10 heteroatoms. The highest BCUT2D eigenvalue weighted by Crippen LogP contribution is 2.36. The quantitative estimate of drug-likeness (QED) is 0.0771. The Balaban J connectivity index is 0.00000235. The van der Waals surface area contributed by atoms with Gasteiger partial charge in [-0.05, 0) is 55.3 Å². The molecule has 0 aliphatic carbocycles. The lowest BCUT2D eigenvalue weighted by Gasteiger charge is -2.17. The van der Waals surface area contributed by atoms with Crippen LogP contribution in [0.2, 0.25) is 0 Å². The van der Waals surface area contributed by atoms with E-state index < -0.39 is 17.6 Å². The summed E-state index contributed by atoms with van der Waals surface area (Å²) in [6.07, 6.45) is 8.69. The van der Waals surface area contributed by atoms with Gasteiger partial charge in [0.2, 0.25) is 0 Å². The highest BCUT2D eigenvalue weighted by atomic mass is 32.2. The van der Waals surface area contributed by atoms with Gasteiger partial charge in [0.25, 0.3) is 0 Å². The molecule has 0 saturated carbocycles. The molecule has 0 aliphatic heterocycles. The molecule has 0 spiro atoms. The number of aryl methyl sites for hydroxylation is 1. The monoisotopic (exact) mass is 647 g/mol. The maximum absolute atomic E-state index is 15.1. The largest absolute Gasteiger partial charge is 0.481 e. The minimum atomic E-state index is -0.788. The lowest BCUT2D eigenvalue weighted by Crippen LogP contribution is -2.03. The Morgan fingerprint density at radius 1 is 1.04 bits per heavy atom. The van der Waals surface area contributed by atoms with Gasteiger partial charge in [0.1, 0.15) is 17.4 Å². The number of ether oxygens (including phenoxy) is 1. The molecule has 2 aromatic heterocycles. The number of fused-ring (bicyclic) bond motifs is 1. The fraction of sp³-hybridized carbons (Fsp3) is 0.306. The number of halogens is 2. The van der Waals surface area contributed by atoms with Crippen molar-refractivity contribution in [2.24, 2.45) is 0 Å². The lowest BCUT2D eigenvalue weighted by atomic mass is 9.89. The molecular formula is C36H39F2N3O4S. The fourth-order valence-corrected chi connectivity index (χ4v) is 6.10. The number of carboxylic acids is 1. The van der Waals surface area contributed by atoms with Gasteiger partial charge in [-0.1, -0.05) is 62.9 Å². The molecule has 3 N–H and O–H groups in total. The van der Waals surface area contributed by atoms with Crippen LogP contribution in [0.5, 0.6) is 11.5 Å². The molecule has 0 amide bonds. The molecule has 1 atom stereocenters. The average Bonchev–Trinajstić information content (AvgIpc) is 3.72. The Bertz CT molecular complexity index is 1770. The van der Waals surface area contributed by atoms with Gasteiger partial charge in [-0.2, -0.15) is 11.8 Å². The van der Waals surface area contributed by atoms with Crippen molar-refractivity contribution >= 4 is 34.9 Å². The van der Waals surface area contributed by atoms with E-state index in [9.17, 15) is 14.0 Å². The first-order chi connectivity index (χ1) is 22.3. The van der Waals surface area contributed by atoms with Crippen LogP contribution in [0.25, 0.3) is 22.3 Å². The standard InChI is InChI=1S/C34H33F2N3O4S.C2H6/c1-21-7-6-8-22(15-21)24(9-4-2-3-5-14-44-20-32(41)42)31-18-38-34(39-31)26-16-23(10-11-28(26)35)43-33-27(19-40)25-12-13-37-30(25)17-29(33)36;1-2/h6-8,10-13,15-19,24,37H,2-5,9,14,20H2,1H3,(H,38,39)(H,41,42);1-2H3. The Kier molecular flexibility index (Phi) is 12.5. The van der Waals surface area contributed by atoms with Crippen LogP contribution in [0.1, 0.15) is 79.0 Å². The predicted octanol–water partition coefficient (Wildman–Crippen LogP) is 9.68. The number of hydrogen-bond donors (Lipinski definition) is 3. The van der Waals surface area contributed by atoms with Crippen molar-refractivity contribution in [3.8, 4) is 22.9 Å². The van der Waals surface area contributed by atoms with Gasteiger partial charge in [-0.25, -0.2) is 13.8 Å². The average molecular weight is 648 g/mol. The van der Waals surface area contributed by atoms with E-state index in [1.165, 1.54) is 36.0 Å². The first-order valence-electron chi connectivity index (χ1n) is 15.5. The van der Waals surface area contributed by atoms with Gasteiger partial charge in [0, 0.05) is 41.0 Å². The summed E-state index contributed by atoms with van der Waals surface area (Å²) >= 11 is 1.44. The SMILES string of the molecule is CC.Cc1cccc(C(CCCCCCSCC(=O)O)c2cnc(-c3cc(Oc4c(F)cc5[nH]ccc5c4C=O)ccc3F)[nH]2)c1. The number of H-pyrrole nitrogens is 2. The van der Waals surface area contributed by atoms with E-state index in [0.717, 1.165) is 54.7 Å². The Morgan fingerprint density at radius 2 is 1.85 bits per heavy atom. The predicted molar refractivity (Wildman–Crippen MR) is 180 cm³/mol. The molecule has 46 heavy (non-hydrogen) atoms. The van der Waals surface area contributed by atoms with E-state index >= 15 is 4.39 Å². The zero-order valence-corrected chi connectivity index (χ0v) is 27.1. The lowest BCUT2D eigenvalue weighted by molar-refractivity contribution is -0.133. The van der Waals surface area contributed by atoms with Gasteiger partial charge in [0.05, 0.1) is 16.9 Å². The molecule has 5 rings (SSSR count). The van der Waals surface area contributed by atoms with Crippen molar-refractivity contribution < 1.29 is 28.2 Å². The van der Waals surface area contributed by atoms with Crippen LogP contribution in [-0.4, -0.2) is 43.8 Å². The van der Waals surface area contributed by atoms with Crippen molar-refractivity contribution in [1.29, 1.82) is 0 Å². The first kappa shape index (κ1) is 34.4. The van der Waals surface area contributed by atoms with Crippen LogP contribution in [0.3, 0.4) is 0 Å². The highest BCUT2D eigenvalue weighted by Gasteiger charge is 2.21. The number of aliphatic carboxylic acids is 1. The van der Waals surface area contributed by atoms with E-state index in [-0.39, 0.29) is 34.3 Å². The second kappa shape index (κ2) is 16.7. The summed E-state index contributed by atoms with van der Waals surface area (Å²) in [6, 6.07) is 15.3. The molecule has 0 fully saturated rings. The van der Waals surface area contributed by atoms with Crippen LogP contribution < -0.4 is 4.74 Å². The maximum Gasteiger partial charge on any atom is 0.313 e.